The van der Waals surface area contributed by atoms with Crippen molar-refractivity contribution in [2.24, 2.45) is 0 Å². The average Bonchev–Trinajstić information content (AvgIpc) is 2.72. The molecule has 0 N–H and O–H groups in total. The Kier molecular flexibility index (Phi) is 3.85. The van der Waals surface area contributed by atoms with Crippen molar-refractivity contribution in [1.29, 1.82) is 0 Å². The SMILES string of the molecule is CCN(C)C1(C)CCN(Cc2ccccc2)C1. The molecule has 1 fully saturated rings. The maximum Gasteiger partial charge on any atom is 0.0317 e. The van der Waals surface area contributed by atoms with Crippen LogP contribution < -0.4 is 0 Å². The second-order valence-corrected chi connectivity index (χ2v) is 5.46. The summed E-state index contributed by atoms with van der Waals surface area (Å²) < 4.78 is 0. The highest BCUT2D eigenvalue weighted by Crippen LogP contribution is 2.27. The Morgan fingerprint density at radius 2 is 2.00 bits per heavy atom. The third-order valence-corrected chi connectivity index (χ3v) is 4.18. The molecule has 1 saturated heterocycles. The number of likely N-dealkylation sites (tertiary alicyclic amines) is 1. The van der Waals surface area contributed by atoms with Gasteiger partial charge in [-0.2, -0.15) is 0 Å². The zero-order valence-electron chi connectivity index (χ0n) is 11.3. The fraction of sp³-hybridized carbons (Fsp3) is 0.600. The highest BCUT2D eigenvalue weighted by molar-refractivity contribution is 5.15. The summed E-state index contributed by atoms with van der Waals surface area (Å²) in [6.07, 6.45) is 1.28. The molecule has 1 atom stereocenters. The summed E-state index contributed by atoms with van der Waals surface area (Å²) in [7, 11) is 2.24. The summed E-state index contributed by atoms with van der Waals surface area (Å²) in [6.45, 7) is 9.26. The van der Waals surface area contributed by atoms with Gasteiger partial charge in [-0.05, 0) is 32.5 Å². The van der Waals surface area contributed by atoms with Crippen LogP contribution in [-0.2, 0) is 6.54 Å². The molecule has 1 aliphatic rings. The van der Waals surface area contributed by atoms with Crippen molar-refractivity contribution >= 4 is 0 Å². The van der Waals surface area contributed by atoms with E-state index in [4.69, 9.17) is 0 Å². The molecule has 0 saturated carbocycles. The molecule has 0 spiro atoms. The molecule has 94 valence electrons. The molecule has 1 heterocycles. The Labute approximate surface area is 105 Å². The molecule has 0 bridgehead atoms. The summed E-state index contributed by atoms with van der Waals surface area (Å²) in [5, 5.41) is 0. The van der Waals surface area contributed by atoms with E-state index in [9.17, 15) is 0 Å². The van der Waals surface area contributed by atoms with Crippen molar-refractivity contribution in [3.63, 3.8) is 0 Å². The molecule has 2 heteroatoms. The number of hydrogen-bond donors (Lipinski definition) is 0. The van der Waals surface area contributed by atoms with Gasteiger partial charge in [-0.25, -0.2) is 0 Å². The van der Waals surface area contributed by atoms with E-state index in [0.29, 0.717) is 5.54 Å². The summed E-state index contributed by atoms with van der Waals surface area (Å²) in [5.41, 5.74) is 1.79. The predicted octanol–water partition coefficient (Wildman–Crippen LogP) is 2.60. The van der Waals surface area contributed by atoms with Gasteiger partial charge in [0, 0.05) is 25.2 Å². The zero-order chi connectivity index (χ0) is 12.3. The van der Waals surface area contributed by atoms with Crippen LogP contribution in [0.4, 0.5) is 0 Å². The molecule has 1 aromatic carbocycles. The molecule has 1 aromatic rings. The Hall–Kier alpha value is -0.860. The first-order chi connectivity index (χ1) is 8.14. The van der Waals surface area contributed by atoms with Crippen LogP contribution in [0.3, 0.4) is 0 Å². The van der Waals surface area contributed by atoms with Crippen molar-refractivity contribution in [2.45, 2.75) is 32.4 Å². The van der Waals surface area contributed by atoms with Crippen LogP contribution in [0.5, 0.6) is 0 Å². The lowest BCUT2D eigenvalue weighted by molar-refractivity contribution is 0.146. The van der Waals surface area contributed by atoms with E-state index < -0.39 is 0 Å². The minimum atomic E-state index is 0.365. The predicted molar refractivity (Wildman–Crippen MR) is 73.0 cm³/mol. The molecule has 1 aliphatic heterocycles. The average molecular weight is 232 g/mol. The topological polar surface area (TPSA) is 6.48 Å². The smallest absolute Gasteiger partial charge is 0.0317 e. The first-order valence-corrected chi connectivity index (χ1v) is 6.61. The quantitative estimate of drug-likeness (QED) is 0.787. The van der Waals surface area contributed by atoms with Gasteiger partial charge in [-0.3, -0.25) is 9.80 Å². The number of likely N-dealkylation sites (N-methyl/N-ethyl adjacent to an activating group) is 1. The van der Waals surface area contributed by atoms with E-state index in [1.807, 2.05) is 0 Å². The van der Waals surface area contributed by atoms with Crippen LogP contribution in [0.25, 0.3) is 0 Å². The van der Waals surface area contributed by atoms with Gasteiger partial charge in [0.25, 0.3) is 0 Å². The molecule has 2 rings (SSSR count). The minimum Gasteiger partial charge on any atom is -0.300 e. The van der Waals surface area contributed by atoms with Crippen molar-refractivity contribution in [1.82, 2.24) is 9.80 Å². The number of benzene rings is 1. The normalized spacial score (nSPS) is 25.6. The highest BCUT2D eigenvalue weighted by atomic mass is 15.3. The number of rotatable bonds is 4. The second-order valence-electron chi connectivity index (χ2n) is 5.46. The molecular formula is C15H24N2. The van der Waals surface area contributed by atoms with Crippen LogP contribution in [0, 0.1) is 0 Å². The van der Waals surface area contributed by atoms with E-state index in [1.165, 1.54) is 25.1 Å². The Balaban J connectivity index is 1.94. The van der Waals surface area contributed by atoms with Crippen LogP contribution in [0.1, 0.15) is 25.8 Å². The highest BCUT2D eigenvalue weighted by Gasteiger charge is 2.36. The maximum absolute atomic E-state index is 2.57. The standard InChI is InChI=1S/C15H24N2/c1-4-16(3)15(2)10-11-17(13-15)12-14-8-6-5-7-9-14/h5-9H,4,10-13H2,1-3H3. The van der Waals surface area contributed by atoms with E-state index in [2.05, 4.69) is 61.0 Å². The van der Waals surface area contributed by atoms with E-state index in [1.54, 1.807) is 0 Å². The van der Waals surface area contributed by atoms with Gasteiger partial charge in [-0.1, -0.05) is 37.3 Å². The zero-order valence-corrected chi connectivity index (χ0v) is 11.3. The third-order valence-electron chi connectivity index (χ3n) is 4.18. The van der Waals surface area contributed by atoms with Crippen molar-refractivity contribution in [3.8, 4) is 0 Å². The molecule has 2 nitrogen and oxygen atoms in total. The first-order valence-electron chi connectivity index (χ1n) is 6.61. The summed E-state index contributed by atoms with van der Waals surface area (Å²) in [6, 6.07) is 10.8. The van der Waals surface area contributed by atoms with Gasteiger partial charge in [0.2, 0.25) is 0 Å². The van der Waals surface area contributed by atoms with Crippen molar-refractivity contribution in [3.05, 3.63) is 35.9 Å². The molecular weight excluding hydrogens is 208 g/mol. The Bertz CT molecular complexity index is 349. The van der Waals surface area contributed by atoms with Gasteiger partial charge >= 0.3 is 0 Å². The van der Waals surface area contributed by atoms with Crippen LogP contribution in [-0.4, -0.2) is 42.0 Å². The first kappa shape index (κ1) is 12.6. The molecule has 17 heavy (non-hydrogen) atoms. The summed E-state index contributed by atoms with van der Waals surface area (Å²) in [4.78, 5) is 5.06. The van der Waals surface area contributed by atoms with E-state index in [-0.39, 0.29) is 0 Å². The van der Waals surface area contributed by atoms with E-state index in [0.717, 1.165) is 13.1 Å². The molecule has 0 aliphatic carbocycles. The minimum absolute atomic E-state index is 0.365. The maximum atomic E-state index is 2.57. The fourth-order valence-electron chi connectivity index (χ4n) is 2.71. The lowest BCUT2D eigenvalue weighted by Crippen LogP contribution is -2.45. The van der Waals surface area contributed by atoms with E-state index >= 15 is 0 Å². The van der Waals surface area contributed by atoms with Crippen LogP contribution >= 0.6 is 0 Å². The second kappa shape index (κ2) is 5.19. The molecule has 0 radical (unpaired) electrons. The van der Waals surface area contributed by atoms with Crippen molar-refractivity contribution < 1.29 is 0 Å². The van der Waals surface area contributed by atoms with Crippen LogP contribution in [0.2, 0.25) is 0 Å². The molecule has 1 unspecified atom stereocenters. The Morgan fingerprint density at radius 1 is 1.29 bits per heavy atom. The van der Waals surface area contributed by atoms with Crippen LogP contribution in [0.15, 0.2) is 30.3 Å². The summed E-state index contributed by atoms with van der Waals surface area (Å²) >= 11 is 0. The largest absolute Gasteiger partial charge is 0.300 e. The van der Waals surface area contributed by atoms with Gasteiger partial charge in [-0.15, -0.1) is 0 Å². The van der Waals surface area contributed by atoms with Crippen molar-refractivity contribution in [2.75, 3.05) is 26.7 Å². The molecule has 0 aromatic heterocycles. The molecule has 0 amide bonds. The Morgan fingerprint density at radius 3 is 2.65 bits per heavy atom. The fourth-order valence-corrected chi connectivity index (χ4v) is 2.71. The third kappa shape index (κ3) is 2.88. The summed E-state index contributed by atoms with van der Waals surface area (Å²) in [5.74, 6) is 0. The van der Waals surface area contributed by atoms with Gasteiger partial charge < -0.3 is 0 Å². The lowest BCUT2D eigenvalue weighted by atomic mass is 10.00. The van der Waals surface area contributed by atoms with Gasteiger partial charge in [0.05, 0.1) is 0 Å². The monoisotopic (exact) mass is 232 g/mol. The van der Waals surface area contributed by atoms with Gasteiger partial charge in [0.1, 0.15) is 0 Å². The number of nitrogens with zero attached hydrogens (tertiary/aromatic N) is 2. The lowest BCUT2D eigenvalue weighted by Gasteiger charge is -2.34. The number of hydrogen-bond acceptors (Lipinski definition) is 2. The van der Waals surface area contributed by atoms with Gasteiger partial charge in [0.15, 0.2) is 0 Å².